The number of alkyl halides is 6. The first-order chi connectivity index (χ1) is 16.5. The standard InChI is InChI=1S/C23H16F6N4O2/c24-22(25,26)15-2-4-16(5-3-15)32-21-17-6-1-12(7-13(17)10-31-33-21)20-18(23(27,28)29)8-14(9-30-20)19(35)11-34/h1-10,19,34-35H,11H2,(H,32,33). The lowest BCUT2D eigenvalue weighted by molar-refractivity contribution is -0.138. The van der Waals surface area contributed by atoms with Crippen LogP contribution in [-0.4, -0.2) is 32.0 Å². The molecule has 3 N–H and O–H groups in total. The zero-order valence-electron chi connectivity index (χ0n) is 17.6. The number of hydrogen-bond donors (Lipinski definition) is 3. The first-order valence-corrected chi connectivity index (χ1v) is 10.0. The minimum absolute atomic E-state index is 0.114. The van der Waals surface area contributed by atoms with Crippen molar-refractivity contribution < 1.29 is 36.6 Å². The van der Waals surface area contributed by atoms with Crippen LogP contribution in [0.3, 0.4) is 0 Å². The average Bonchev–Trinajstić information content (AvgIpc) is 2.82. The second kappa shape index (κ2) is 9.12. The predicted octanol–water partition coefficient (Wildman–Crippen LogP) is 5.50. The van der Waals surface area contributed by atoms with E-state index in [-0.39, 0.29) is 22.6 Å². The van der Waals surface area contributed by atoms with Crippen molar-refractivity contribution in [1.29, 1.82) is 0 Å². The lowest BCUT2D eigenvalue weighted by atomic mass is 10.00. The fourth-order valence-electron chi connectivity index (χ4n) is 3.42. The molecule has 182 valence electrons. The smallest absolute Gasteiger partial charge is 0.393 e. The Bertz CT molecular complexity index is 1360. The molecule has 35 heavy (non-hydrogen) atoms. The highest BCUT2D eigenvalue weighted by atomic mass is 19.4. The highest BCUT2D eigenvalue weighted by Crippen LogP contribution is 2.38. The van der Waals surface area contributed by atoms with Gasteiger partial charge >= 0.3 is 12.4 Å². The number of aromatic nitrogens is 3. The monoisotopic (exact) mass is 494 g/mol. The number of nitrogens with one attached hydrogen (secondary N) is 1. The minimum atomic E-state index is -4.78. The normalized spacial score (nSPS) is 13.1. The van der Waals surface area contributed by atoms with Crippen LogP contribution < -0.4 is 5.32 Å². The Labute approximate surface area is 193 Å². The van der Waals surface area contributed by atoms with E-state index in [0.717, 1.165) is 24.4 Å². The van der Waals surface area contributed by atoms with Crippen LogP contribution in [0.2, 0.25) is 0 Å². The Kier molecular flexibility index (Phi) is 6.34. The molecule has 0 radical (unpaired) electrons. The predicted molar refractivity (Wildman–Crippen MR) is 115 cm³/mol. The molecule has 0 spiro atoms. The van der Waals surface area contributed by atoms with Crippen molar-refractivity contribution in [2.24, 2.45) is 0 Å². The summed E-state index contributed by atoms with van der Waals surface area (Å²) < 4.78 is 79.5. The average molecular weight is 494 g/mol. The number of hydrogen-bond acceptors (Lipinski definition) is 6. The molecule has 0 bridgehead atoms. The molecule has 0 fully saturated rings. The third kappa shape index (κ3) is 5.17. The molecule has 0 saturated carbocycles. The van der Waals surface area contributed by atoms with E-state index in [0.29, 0.717) is 16.5 Å². The van der Waals surface area contributed by atoms with Gasteiger partial charge in [0.15, 0.2) is 5.82 Å². The van der Waals surface area contributed by atoms with Crippen molar-refractivity contribution in [1.82, 2.24) is 15.2 Å². The summed E-state index contributed by atoms with van der Waals surface area (Å²) in [4.78, 5) is 3.87. The Hall–Kier alpha value is -3.77. The van der Waals surface area contributed by atoms with Crippen LogP contribution in [0.25, 0.3) is 22.0 Å². The van der Waals surface area contributed by atoms with Crippen LogP contribution in [-0.2, 0) is 12.4 Å². The zero-order chi connectivity index (χ0) is 25.4. The number of anilines is 2. The van der Waals surface area contributed by atoms with Gasteiger partial charge in [0, 0.05) is 33.8 Å². The maximum Gasteiger partial charge on any atom is 0.418 e. The molecule has 12 heteroatoms. The molecule has 2 aromatic carbocycles. The highest BCUT2D eigenvalue weighted by molar-refractivity contribution is 5.95. The van der Waals surface area contributed by atoms with Gasteiger partial charge in [-0.05, 0) is 42.5 Å². The summed E-state index contributed by atoms with van der Waals surface area (Å²) in [6, 6.07) is 9.28. The minimum Gasteiger partial charge on any atom is -0.393 e. The van der Waals surface area contributed by atoms with E-state index in [2.05, 4.69) is 20.5 Å². The van der Waals surface area contributed by atoms with Gasteiger partial charge in [-0.2, -0.15) is 31.4 Å². The highest BCUT2D eigenvalue weighted by Gasteiger charge is 2.35. The van der Waals surface area contributed by atoms with E-state index in [9.17, 15) is 31.4 Å². The van der Waals surface area contributed by atoms with Gasteiger partial charge in [0.1, 0.15) is 6.10 Å². The molecule has 2 aromatic heterocycles. The van der Waals surface area contributed by atoms with E-state index in [4.69, 9.17) is 5.11 Å². The molecule has 0 aliphatic carbocycles. The summed E-state index contributed by atoms with van der Waals surface area (Å²) in [5.74, 6) is 0.194. The summed E-state index contributed by atoms with van der Waals surface area (Å²) in [6.45, 7) is -0.762. The quantitative estimate of drug-likeness (QED) is 0.318. The number of rotatable bonds is 5. The second-order valence-electron chi connectivity index (χ2n) is 7.56. The van der Waals surface area contributed by atoms with Crippen LogP contribution in [0.15, 0.2) is 60.9 Å². The van der Waals surface area contributed by atoms with Crippen LogP contribution in [0.5, 0.6) is 0 Å². The van der Waals surface area contributed by atoms with Gasteiger partial charge in [0.05, 0.1) is 29.6 Å². The van der Waals surface area contributed by atoms with Gasteiger partial charge in [-0.3, -0.25) is 4.98 Å². The maximum absolute atomic E-state index is 13.7. The number of nitrogens with zero attached hydrogens (tertiary/aromatic N) is 3. The topological polar surface area (TPSA) is 91.2 Å². The van der Waals surface area contributed by atoms with Gasteiger partial charge in [-0.15, -0.1) is 5.10 Å². The molecule has 0 aliphatic heterocycles. The second-order valence-corrected chi connectivity index (χ2v) is 7.56. The summed E-state index contributed by atoms with van der Waals surface area (Å²) >= 11 is 0. The first kappa shape index (κ1) is 24.4. The molecule has 4 rings (SSSR count). The number of aliphatic hydroxyl groups excluding tert-OH is 2. The van der Waals surface area contributed by atoms with Gasteiger partial charge in [-0.1, -0.05) is 6.07 Å². The van der Waals surface area contributed by atoms with Crippen LogP contribution in [0.1, 0.15) is 22.8 Å². The SMILES string of the molecule is OCC(O)c1cnc(-c2ccc3c(Nc4ccc(C(F)(F)F)cc4)nncc3c2)c(C(F)(F)F)c1. The third-order valence-electron chi connectivity index (χ3n) is 5.18. The van der Waals surface area contributed by atoms with E-state index in [1.807, 2.05) is 0 Å². The fraction of sp³-hybridized carbons (Fsp3) is 0.174. The lowest BCUT2D eigenvalue weighted by Crippen LogP contribution is -2.12. The Morgan fingerprint density at radius 3 is 2.23 bits per heavy atom. The molecule has 4 aromatic rings. The van der Waals surface area contributed by atoms with Crippen molar-refractivity contribution in [3.63, 3.8) is 0 Å². The third-order valence-corrected chi connectivity index (χ3v) is 5.18. The van der Waals surface area contributed by atoms with E-state index >= 15 is 0 Å². The zero-order valence-corrected chi connectivity index (χ0v) is 17.6. The molecule has 0 amide bonds. The summed E-state index contributed by atoms with van der Waals surface area (Å²) in [6.07, 6.45) is -8.39. The van der Waals surface area contributed by atoms with Crippen LogP contribution in [0.4, 0.5) is 37.8 Å². The van der Waals surface area contributed by atoms with Crippen molar-refractivity contribution in [3.05, 3.63) is 77.6 Å². The maximum atomic E-state index is 13.7. The number of fused-ring (bicyclic) bond motifs is 1. The van der Waals surface area contributed by atoms with Gasteiger partial charge in [0.2, 0.25) is 0 Å². The number of benzene rings is 2. The Morgan fingerprint density at radius 2 is 1.60 bits per heavy atom. The van der Waals surface area contributed by atoms with E-state index in [1.165, 1.54) is 36.5 Å². The molecule has 2 heterocycles. The fourth-order valence-corrected chi connectivity index (χ4v) is 3.42. The van der Waals surface area contributed by atoms with Crippen molar-refractivity contribution >= 4 is 22.3 Å². The molecule has 6 nitrogen and oxygen atoms in total. The number of pyridine rings is 1. The molecule has 1 atom stereocenters. The Balaban J connectivity index is 1.72. The summed E-state index contributed by atoms with van der Waals surface area (Å²) in [7, 11) is 0. The molecule has 0 saturated heterocycles. The molecular weight excluding hydrogens is 478 g/mol. The van der Waals surface area contributed by atoms with Gasteiger partial charge in [-0.25, -0.2) is 0 Å². The summed E-state index contributed by atoms with van der Waals surface area (Å²) in [5.41, 5.74) is -2.05. The molecular formula is C23H16F6N4O2. The summed E-state index contributed by atoms with van der Waals surface area (Å²) in [5, 5.41) is 30.2. The largest absolute Gasteiger partial charge is 0.418 e. The Morgan fingerprint density at radius 1 is 0.886 bits per heavy atom. The molecule has 1 unspecified atom stereocenters. The van der Waals surface area contributed by atoms with Crippen molar-refractivity contribution in [3.8, 4) is 11.3 Å². The molecule has 0 aliphatic rings. The number of halogens is 6. The van der Waals surface area contributed by atoms with E-state index < -0.39 is 36.2 Å². The lowest BCUT2D eigenvalue weighted by Gasteiger charge is -2.16. The van der Waals surface area contributed by atoms with Crippen molar-refractivity contribution in [2.45, 2.75) is 18.5 Å². The first-order valence-electron chi connectivity index (χ1n) is 10.0. The van der Waals surface area contributed by atoms with Crippen molar-refractivity contribution in [2.75, 3.05) is 11.9 Å². The van der Waals surface area contributed by atoms with Crippen LogP contribution >= 0.6 is 0 Å². The van der Waals surface area contributed by atoms with Gasteiger partial charge < -0.3 is 15.5 Å². The number of aliphatic hydroxyl groups is 2. The van der Waals surface area contributed by atoms with E-state index in [1.54, 1.807) is 0 Å². The van der Waals surface area contributed by atoms with Gasteiger partial charge in [0.25, 0.3) is 0 Å². The van der Waals surface area contributed by atoms with Crippen LogP contribution in [0, 0.1) is 0 Å².